The van der Waals surface area contributed by atoms with Crippen LogP contribution >= 0.6 is 0 Å². The van der Waals surface area contributed by atoms with Crippen LogP contribution in [0.5, 0.6) is 0 Å². The minimum absolute atomic E-state index is 0.182. The Hall–Kier alpha value is -2.66. The van der Waals surface area contributed by atoms with Crippen LogP contribution in [0.25, 0.3) is 10.9 Å². The highest BCUT2D eigenvalue weighted by atomic mass is 16.4. The predicted octanol–water partition coefficient (Wildman–Crippen LogP) is 3.66. The van der Waals surface area contributed by atoms with Crippen molar-refractivity contribution in [1.29, 1.82) is 0 Å². The van der Waals surface area contributed by atoms with Gasteiger partial charge in [0.15, 0.2) is 5.76 Å². The van der Waals surface area contributed by atoms with Crippen LogP contribution in [0.15, 0.2) is 47.0 Å². The molecule has 0 atom stereocenters. The molecule has 0 bridgehead atoms. The van der Waals surface area contributed by atoms with E-state index in [0.717, 1.165) is 47.4 Å². The van der Waals surface area contributed by atoms with Crippen molar-refractivity contribution in [2.24, 2.45) is 0 Å². The normalized spacial score (nSPS) is 14.8. The molecule has 1 aliphatic heterocycles. The third-order valence-corrected chi connectivity index (χ3v) is 5.02. The summed E-state index contributed by atoms with van der Waals surface area (Å²) >= 11 is 0. The van der Waals surface area contributed by atoms with E-state index in [0.29, 0.717) is 12.3 Å². The van der Waals surface area contributed by atoms with Crippen LogP contribution in [-0.4, -0.2) is 28.9 Å². The molecule has 26 heavy (non-hydrogen) atoms. The lowest BCUT2D eigenvalue weighted by atomic mass is 10.0. The number of likely N-dealkylation sites (tertiary alicyclic amines) is 1. The smallest absolute Gasteiger partial charge is 0.287 e. The van der Waals surface area contributed by atoms with E-state index in [2.05, 4.69) is 22.1 Å². The van der Waals surface area contributed by atoms with Gasteiger partial charge in [0, 0.05) is 18.1 Å². The van der Waals surface area contributed by atoms with Crippen molar-refractivity contribution in [2.45, 2.75) is 32.9 Å². The Kier molecular flexibility index (Phi) is 4.71. The maximum absolute atomic E-state index is 12.5. The highest BCUT2D eigenvalue weighted by Crippen LogP contribution is 2.21. The molecule has 3 aromatic rings. The first-order valence-corrected chi connectivity index (χ1v) is 9.13. The molecule has 134 valence electrons. The SMILES string of the molecule is Cc1ccc2ncccc2c1CNC(=O)c1ccc(CN2CCCC2)o1. The summed E-state index contributed by atoms with van der Waals surface area (Å²) in [6, 6.07) is 11.7. The summed E-state index contributed by atoms with van der Waals surface area (Å²) in [7, 11) is 0. The van der Waals surface area contributed by atoms with Crippen LogP contribution in [0, 0.1) is 6.92 Å². The molecule has 4 rings (SSSR count). The quantitative estimate of drug-likeness (QED) is 0.764. The van der Waals surface area contributed by atoms with Crippen molar-refractivity contribution in [3.05, 3.63) is 65.2 Å². The van der Waals surface area contributed by atoms with Crippen LogP contribution in [0.4, 0.5) is 0 Å². The van der Waals surface area contributed by atoms with E-state index in [4.69, 9.17) is 4.42 Å². The highest BCUT2D eigenvalue weighted by Gasteiger charge is 2.16. The number of nitrogens with one attached hydrogen (secondary N) is 1. The second-order valence-corrected chi connectivity index (χ2v) is 6.86. The molecule has 1 fully saturated rings. The Bertz CT molecular complexity index is 926. The van der Waals surface area contributed by atoms with Crippen molar-refractivity contribution in [2.75, 3.05) is 13.1 Å². The second kappa shape index (κ2) is 7.30. The molecule has 0 radical (unpaired) electrons. The zero-order chi connectivity index (χ0) is 17.9. The van der Waals surface area contributed by atoms with E-state index in [1.165, 1.54) is 12.8 Å². The van der Waals surface area contributed by atoms with Gasteiger partial charge in [-0.05, 0) is 68.2 Å². The average molecular weight is 349 g/mol. The van der Waals surface area contributed by atoms with E-state index in [-0.39, 0.29) is 5.91 Å². The molecule has 3 heterocycles. The predicted molar refractivity (Wildman–Crippen MR) is 101 cm³/mol. The van der Waals surface area contributed by atoms with Gasteiger partial charge in [0.1, 0.15) is 5.76 Å². The van der Waals surface area contributed by atoms with E-state index < -0.39 is 0 Å². The number of benzene rings is 1. The van der Waals surface area contributed by atoms with Gasteiger partial charge in [0.2, 0.25) is 0 Å². The summed E-state index contributed by atoms with van der Waals surface area (Å²) in [5, 5.41) is 4.05. The summed E-state index contributed by atoms with van der Waals surface area (Å²) in [5.74, 6) is 1.04. The average Bonchev–Trinajstić information content (AvgIpc) is 3.33. The number of nitrogens with zero attached hydrogens (tertiary/aromatic N) is 2. The Morgan fingerprint density at radius 2 is 2.04 bits per heavy atom. The minimum Gasteiger partial charge on any atom is -0.455 e. The summed E-state index contributed by atoms with van der Waals surface area (Å²) in [5.41, 5.74) is 3.17. The van der Waals surface area contributed by atoms with Crippen LogP contribution < -0.4 is 5.32 Å². The lowest BCUT2D eigenvalue weighted by Crippen LogP contribution is -2.23. The largest absolute Gasteiger partial charge is 0.455 e. The Morgan fingerprint density at radius 1 is 1.19 bits per heavy atom. The van der Waals surface area contributed by atoms with Gasteiger partial charge in [0.25, 0.3) is 5.91 Å². The molecule has 0 spiro atoms. The number of pyridine rings is 1. The number of furan rings is 1. The summed E-state index contributed by atoms with van der Waals surface area (Å²) in [6.07, 6.45) is 4.27. The number of hydrogen-bond acceptors (Lipinski definition) is 4. The van der Waals surface area contributed by atoms with Crippen molar-refractivity contribution >= 4 is 16.8 Å². The van der Waals surface area contributed by atoms with Gasteiger partial charge in [-0.2, -0.15) is 0 Å². The van der Waals surface area contributed by atoms with Crippen LogP contribution in [-0.2, 0) is 13.1 Å². The number of aromatic nitrogens is 1. The van der Waals surface area contributed by atoms with Gasteiger partial charge < -0.3 is 9.73 Å². The maximum atomic E-state index is 12.5. The number of fused-ring (bicyclic) bond motifs is 1. The molecule has 1 aromatic carbocycles. The Labute approximate surface area is 153 Å². The Morgan fingerprint density at radius 3 is 2.88 bits per heavy atom. The number of aryl methyl sites for hydroxylation is 1. The molecule has 1 N–H and O–H groups in total. The standard InChI is InChI=1S/C21H23N3O2/c1-15-6-8-19-17(5-4-10-22-19)18(15)13-23-21(25)20-9-7-16(26-20)14-24-11-2-3-12-24/h4-10H,2-3,11-14H2,1H3,(H,23,25). The number of rotatable bonds is 5. The van der Waals surface area contributed by atoms with Gasteiger partial charge in [-0.3, -0.25) is 14.7 Å². The summed E-state index contributed by atoms with van der Waals surface area (Å²) in [4.78, 5) is 19.2. The van der Waals surface area contributed by atoms with Gasteiger partial charge >= 0.3 is 0 Å². The Balaban J connectivity index is 1.44. The summed E-state index contributed by atoms with van der Waals surface area (Å²) < 4.78 is 5.75. The van der Waals surface area contributed by atoms with Crippen molar-refractivity contribution in [3.63, 3.8) is 0 Å². The molecular weight excluding hydrogens is 326 g/mol. The first-order valence-electron chi connectivity index (χ1n) is 9.13. The van der Waals surface area contributed by atoms with Crippen molar-refractivity contribution in [1.82, 2.24) is 15.2 Å². The monoisotopic (exact) mass is 349 g/mol. The molecule has 2 aromatic heterocycles. The van der Waals surface area contributed by atoms with E-state index in [1.807, 2.05) is 30.3 Å². The summed E-state index contributed by atoms with van der Waals surface area (Å²) in [6.45, 7) is 5.50. The molecule has 0 saturated carbocycles. The lowest BCUT2D eigenvalue weighted by molar-refractivity contribution is 0.0920. The minimum atomic E-state index is -0.182. The van der Waals surface area contributed by atoms with Crippen LogP contribution in [0.1, 0.15) is 40.3 Å². The zero-order valence-corrected chi connectivity index (χ0v) is 15.0. The van der Waals surface area contributed by atoms with E-state index in [1.54, 1.807) is 12.3 Å². The first kappa shape index (κ1) is 16.8. The second-order valence-electron chi connectivity index (χ2n) is 6.86. The highest BCUT2D eigenvalue weighted by molar-refractivity contribution is 5.92. The third kappa shape index (κ3) is 3.48. The van der Waals surface area contributed by atoms with Gasteiger partial charge in [-0.15, -0.1) is 0 Å². The first-order chi connectivity index (χ1) is 12.7. The van der Waals surface area contributed by atoms with Gasteiger partial charge in [-0.1, -0.05) is 12.1 Å². The number of carbonyl (C=O) groups is 1. The molecule has 1 aliphatic rings. The van der Waals surface area contributed by atoms with Crippen LogP contribution in [0.3, 0.4) is 0 Å². The van der Waals surface area contributed by atoms with Crippen molar-refractivity contribution < 1.29 is 9.21 Å². The molecule has 5 nitrogen and oxygen atoms in total. The van der Waals surface area contributed by atoms with Crippen LogP contribution in [0.2, 0.25) is 0 Å². The molecule has 0 unspecified atom stereocenters. The van der Waals surface area contributed by atoms with E-state index in [9.17, 15) is 4.79 Å². The molecule has 1 amide bonds. The molecule has 1 saturated heterocycles. The zero-order valence-electron chi connectivity index (χ0n) is 15.0. The lowest BCUT2D eigenvalue weighted by Gasteiger charge is -2.12. The van der Waals surface area contributed by atoms with E-state index >= 15 is 0 Å². The topological polar surface area (TPSA) is 58.4 Å². The number of hydrogen-bond donors (Lipinski definition) is 1. The number of amides is 1. The molecular formula is C21H23N3O2. The fraction of sp³-hybridized carbons (Fsp3) is 0.333. The fourth-order valence-electron chi connectivity index (χ4n) is 3.56. The molecule has 0 aliphatic carbocycles. The number of carbonyl (C=O) groups excluding carboxylic acids is 1. The van der Waals surface area contributed by atoms with Crippen molar-refractivity contribution in [3.8, 4) is 0 Å². The maximum Gasteiger partial charge on any atom is 0.287 e. The third-order valence-electron chi connectivity index (χ3n) is 5.02. The fourth-order valence-corrected chi connectivity index (χ4v) is 3.56. The van der Waals surface area contributed by atoms with Gasteiger partial charge in [-0.25, -0.2) is 0 Å². The molecule has 5 heteroatoms. The van der Waals surface area contributed by atoms with Gasteiger partial charge in [0.05, 0.1) is 12.1 Å².